The molecular weight excluding hydrogens is 710 g/mol. The van der Waals surface area contributed by atoms with E-state index in [0.29, 0.717) is 9.47 Å². The Labute approximate surface area is 338 Å². The number of nitrogens with zero attached hydrogens (tertiary/aromatic N) is 3. The molecule has 0 spiro atoms. The van der Waals surface area contributed by atoms with Gasteiger partial charge in [-0.25, -0.2) is 8.78 Å². The number of carbonyl (C=O) groups excluding carboxylic acids is 1. The standard InChI is InChI=1S/C41H40F5N3O3S/c1-27-6-15-36-34(22-27)37(50)23-39(53-26-31-4-3-5-35(42)40(31)43)49(36)25-38(51)48(33-16-18-47(19-17-33)20-21-52-2)24-28-7-9-29(10-8-28)30-11-13-32(14-12-30)41(44,45)46/h3-15,22-23,33H,16-21,24-26H2,1-2H3/i3D,4D,5D,6D,7D,8D,9D,10D,11D,12D,13D,14D,15D,20D2,21D2,22D,23D,24D2. The van der Waals surface area contributed by atoms with E-state index in [1.54, 1.807) is 0 Å². The Kier molecular flexibility index (Phi) is 6.19. The molecule has 1 saturated heterocycles. The van der Waals surface area contributed by atoms with Crippen LogP contribution in [0.2, 0.25) is 0 Å². The molecule has 4 aromatic carbocycles. The molecule has 1 aliphatic rings. The summed E-state index contributed by atoms with van der Waals surface area (Å²) >= 11 is 0.256. The molecule has 1 fully saturated rings. The van der Waals surface area contributed by atoms with Crippen molar-refractivity contribution in [2.24, 2.45) is 0 Å². The molecular formula is C41H40F5N3O3S. The monoisotopic (exact) mass is 770 g/mol. The molecule has 0 atom stereocenters. The van der Waals surface area contributed by atoms with Gasteiger partial charge in [0.15, 0.2) is 17.1 Å². The zero-order valence-corrected chi connectivity index (χ0v) is 28.5. The molecule has 2 heterocycles. The van der Waals surface area contributed by atoms with Gasteiger partial charge in [-0.3, -0.25) is 9.59 Å². The minimum Gasteiger partial charge on any atom is -0.383 e. The highest BCUT2D eigenvalue weighted by atomic mass is 32.2. The highest BCUT2D eigenvalue weighted by Gasteiger charge is 2.31. The van der Waals surface area contributed by atoms with Gasteiger partial charge in [-0.05, 0) is 66.7 Å². The van der Waals surface area contributed by atoms with Crippen LogP contribution in [0.3, 0.4) is 0 Å². The summed E-state index contributed by atoms with van der Waals surface area (Å²) in [7, 11) is 0.890. The maximum atomic E-state index is 15.3. The lowest BCUT2D eigenvalue weighted by Crippen LogP contribution is -2.48. The Morgan fingerprint density at radius 1 is 0.981 bits per heavy atom. The summed E-state index contributed by atoms with van der Waals surface area (Å²) in [5.74, 6) is -6.01. The molecule has 0 bridgehead atoms. The van der Waals surface area contributed by atoms with Crippen LogP contribution in [0, 0.1) is 18.6 Å². The number of alkyl halides is 3. The zero-order valence-electron chi connectivity index (χ0n) is 48.7. The molecule has 1 amide bonds. The van der Waals surface area contributed by atoms with E-state index >= 15 is 9.18 Å². The summed E-state index contributed by atoms with van der Waals surface area (Å²) in [6.07, 6.45) is -6.39. The number of amides is 1. The first kappa shape index (κ1) is 19.7. The second-order valence-electron chi connectivity index (χ2n) is 11.3. The van der Waals surface area contributed by atoms with E-state index in [-0.39, 0.29) is 17.3 Å². The maximum absolute atomic E-state index is 15.3. The number of thioether (sulfide) groups is 1. The van der Waals surface area contributed by atoms with Crippen LogP contribution in [0.15, 0.2) is 100 Å². The van der Waals surface area contributed by atoms with Crippen LogP contribution in [-0.2, 0) is 34.5 Å². The number of methoxy groups -OCH3 is 1. The van der Waals surface area contributed by atoms with Crippen molar-refractivity contribution in [2.75, 3.05) is 33.3 Å². The van der Waals surface area contributed by atoms with E-state index in [2.05, 4.69) is 0 Å². The van der Waals surface area contributed by atoms with Crippen molar-refractivity contribution >= 4 is 28.6 Å². The molecule has 278 valence electrons. The third-order valence-electron chi connectivity index (χ3n) is 7.79. The van der Waals surface area contributed by atoms with Crippen LogP contribution in [-0.4, -0.2) is 59.6 Å². The average molecular weight is 771 g/mol. The molecule has 53 heavy (non-hydrogen) atoms. The van der Waals surface area contributed by atoms with E-state index in [4.69, 9.17) is 30.8 Å². The molecule has 0 saturated carbocycles. The lowest BCUT2D eigenvalue weighted by Gasteiger charge is -2.39. The molecule has 0 aliphatic carbocycles. The van der Waals surface area contributed by atoms with Crippen molar-refractivity contribution in [3.05, 3.63) is 135 Å². The molecule has 0 N–H and O–H groups in total. The van der Waals surface area contributed by atoms with Gasteiger partial charge in [-0.2, -0.15) is 13.2 Å². The molecule has 5 aromatic rings. The van der Waals surface area contributed by atoms with Crippen molar-refractivity contribution in [1.29, 1.82) is 0 Å². The fraction of sp³-hybridized carbons (Fsp3) is 0.317. The van der Waals surface area contributed by atoms with Crippen molar-refractivity contribution in [2.45, 2.75) is 55.8 Å². The summed E-state index contributed by atoms with van der Waals surface area (Å²) in [6.45, 7) is -10.6. The number of hydrogen-bond donors (Lipinski definition) is 0. The highest BCUT2D eigenvalue weighted by Crippen LogP contribution is 2.32. The van der Waals surface area contributed by atoms with Gasteiger partial charge >= 0.3 is 6.18 Å². The molecule has 1 aromatic heterocycles. The summed E-state index contributed by atoms with van der Waals surface area (Å²) < 4.78 is 257. The van der Waals surface area contributed by atoms with E-state index in [1.165, 1.54) is 6.92 Å². The van der Waals surface area contributed by atoms with Gasteiger partial charge in [-0.1, -0.05) is 59.9 Å². The third kappa shape index (κ3) is 9.17. The lowest BCUT2D eigenvalue weighted by atomic mass is 10.00. The van der Waals surface area contributed by atoms with Gasteiger partial charge in [0.1, 0.15) is 6.54 Å². The number of carbonyl (C=O) groups is 1. The minimum absolute atomic E-state index is 0.245. The van der Waals surface area contributed by atoms with Crippen LogP contribution in [0.4, 0.5) is 22.0 Å². The first-order valence-electron chi connectivity index (χ1n) is 26.1. The number of pyridine rings is 1. The number of fused-ring (bicyclic) bond motifs is 1. The third-order valence-corrected chi connectivity index (χ3v) is 8.82. The van der Waals surface area contributed by atoms with Crippen molar-refractivity contribution < 1.29 is 60.3 Å². The minimum atomic E-state index is -5.43. The Bertz CT molecular complexity index is 3160. The summed E-state index contributed by atoms with van der Waals surface area (Å²) in [4.78, 5) is 30.6. The predicted molar refractivity (Wildman–Crippen MR) is 198 cm³/mol. The Balaban J connectivity index is 1.62. The first-order valence-corrected chi connectivity index (χ1v) is 16.5. The van der Waals surface area contributed by atoms with Crippen molar-refractivity contribution in [3.63, 3.8) is 0 Å². The summed E-state index contributed by atoms with van der Waals surface area (Å²) in [6, 6.07) is -19.7. The average Bonchev–Trinajstić information content (AvgIpc) is 3.32. The fourth-order valence-electron chi connectivity index (χ4n) is 5.21. The van der Waals surface area contributed by atoms with Gasteiger partial charge in [0.25, 0.3) is 0 Å². The van der Waals surface area contributed by atoms with Crippen LogP contribution < -0.4 is 5.43 Å². The predicted octanol–water partition coefficient (Wildman–Crippen LogP) is 8.71. The fourth-order valence-corrected chi connectivity index (χ4v) is 6.16. The number of likely N-dealkylation sites (tertiary alicyclic amines) is 1. The molecule has 0 unspecified atom stereocenters. The van der Waals surface area contributed by atoms with Crippen LogP contribution >= 0.6 is 11.8 Å². The summed E-state index contributed by atoms with van der Waals surface area (Å²) in [5, 5.41) is -1.43. The number of hydrogen-bond acceptors (Lipinski definition) is 5. The van der Waals surface area contributed by atoms with Crippen LogP contribution in [0.5, 0.6) is 0 Å². The van der Waals surface area contributed by atoms with E-state index in [1.807, 2.05) is 0 Å². The van der Waals surface area contributed by atoms with Crippen LogP contribution in [0.25, 0.3) is 22.0 Å². The quantitative estimate of drug-likeness (QED) is 0.0940. The second kappa shape index (κ2) is 16.7. The normalized spacial score (nSPS) is 20.6. The number of piperidine rings is 1. The first-order chi connectivity index (χ1) is 33.9. The molecule has 6 nitrogen and oxygen atoms in total. The largest absolute Gasteiger partial charge is 0.416 e. The molecule has 6 rings (SSSR count). The highest BCUT2D eigenvalue weighted by molar-refractivity contribution is 7.98. The topological polar surface area (TPSA) is 54.8 Å². The van der Waals surface area contributed by atoms with Gasteiger partial charge in [0.05, 0.1) is 48.7 Å². The van der Waals surface area contributed by atoms with E-state index < -0.39 is 227 Å². The van der Waals surface area contributed by atoms with Gasteiger partial charge in [0.2, 0.25) is 5.91 Å². The number of halogens is 5. The molecule has 1 aliphatic heterocycles. The van der Waals surface area contributed by atoms with Crippen molar-refractivity contribution in [3.8, 4) is 11.1 Å². The lowest BCUT2D eigenvalue weighted by molar-refractivity contribution is -0.137. The van der Waals surface area contributed by atoms with Crippen LogP contribution in [0.1, 0.15) is 63.9 Å². The SMILES string of the molecule is [2H]c1c([2H])c(F)c(F)c(CSc2c([2H])c(=O)c3c([2H])c(C)c([2H])c([2H])c3n2CC(=O)N(C2CCN(C([2H])([2H])C([2H])([2H])OC)CC2)C([2H])([2H])c2c([2H])c([2H])c(-c3c([2H])c([2H])c(C(F)(F)F)c([2H])c3[2H])c([2H])c2[2H])c1[2H]. The van der Waals surface area contributed by atoms with E-state index in [9.17, 15) is 25.1 Å². The zero-order chi connectivity index (χ0) is 56.1. The number of benzene rings is 4. The number of ether oxygens (including phenoxy) is 1. The van der Waals surface area contributed by atoms with E-state index in [0.717, 1.165) is 12.0 Å². The van der Waals surface area contributed by atoms with Gasteiger partial charge in [-0.15, -0.1) is 11.8 Å². The molecule has 12 heteroatoms. The Morgan fingerprint density at radius 3 is 2.32 bits per heavy atom. The maximum Gasteiger partial charge on any atom is 0.416 e. The van der Waals surface area contributed by atoms with Crippen molar-refractivity contribution in [1.82, 2.24) is 14.4 Å². The van der Waals surface area contributed by atoms with Gasteiger partial charge < -0.3 is 19.1 Å². The van der Waals surface area contributed by atoms with Gasteiger partial charge in [0, 0.05) is 64.7 Å². The second-order valence-corrected chi connectivity index (χ2v) is 12.3. The number of aromatic nitrogens is 1. The smallest absolute Gasteiger partial charge is 0.383 e. The Morgan fingerprint density at radius 2 is 1.66 bits per heavy atom. The number of rotatable bonds is 12. The Hall–Kier alpha value is -4.52. The summed E-state index contributed by atoms with van der Waals surface area (Å²) in [5.41, 5.74) is -8.63. The molecule has 0 radical (unpaired) electrons.